The van der Waals surface area contributed by atoms with Crippen LogP contribution in [-0.2, 0) is 6.42 Å². The summed E-state index contributed by atoms with van der Waals surface area (Å²) < 4.78 is 0. The number of benzene rings is 2. The molecule has 0 radical (unpaired) electrons. The Labute approximate surface area is 156 Å². The predicted molar refractivity (Wildman–Crippen MR) is 107 cm³/mol. The van der Waals surface area contributed by atoms with Crippen molar-refractivity contribution < 1.29 is 5.11 Å². The van der Waals surface area contributed by atoms with Gasteiger partial charge in [-0.3, -0.25) is 0 Å². The van der Waals surface area contributed by atoms with E-state index in [1.807, 2.05) is 12.1 Å². The normalized spacial score (nSPS) is 35.3. The first kappa shape index (κ1) is 16.2. The maximum absolute atomic E-state index is 9.84. The zero-order chi connectivity index (χ0) is 17.7. The second-order valence-corrected chi connectivity index (χ2v) is 8.98. The number of rotatable bonds is 2. The zero-order valence-electron chi connectivity index (χ0n) is 15.6. The highest BCUT2D eigenvalue weighted by Crippen LogP contribution is 2.61. The Bertz CT molecular complexity index is 801. The summed E-state index contributed by atoms with van der Waals surface area (Å²) in [6.07, 6.45) is 7.68. The lowest BCUT2D eigenvalue weighted by Gasteiger charge is -2.51. The van der Waals surface area contributed by atoms with Crippen LogP contribution in [0.5, 0.6) is 5.75 Å². The summed E-state index contributed by atoms with van der Waals surface area (Å²) in [5, 5.41) is 13.7. The summed E-state index contributed by atoms with van der Waals surface area (Å²) in [6.45, 7) is 2.55. The molecule has 136 valence electrons. The van der Waals surface area contributed by atoms with E-state index in [-0.39, 0.29) is 0 Å². The molecule has 0 aliphatic heterocycles. The lowest BCUT2D eigenvalue weighted by Crippen LogP contribution is -2.46. The van der Waals surface area contributed by atoms with E-state index in [0.717, 1.165) is 18.3 Å². The zero-order valence-corrected chi connectivity index (χ0v) is 15.6. The number of phenols is 1. The van der Waals surface area contributed by atoms with Crippen LogP contribution in [0.15, 0.2) is 48.5 Å². The summed E-state index contributed by atoms with van der Waals surface area (Å²) in [7, 11) is 0. The molecule has 0 bridgehead atoms. The van der Waals surface area contributed by atoms with Gasteiger partial charge in [-0.25, -0.2) is 0 Å². The second-order valence-electron chi connectivity index (χ2n) is 8.98. The number of fused-ring (bicyclic) bond motifs is 5. The highest BCUT2D eigenvalue weighted by Gasteiger charge is 2.54. The molecular weight excluding hydrogens is 318 g/mol. The van der Waals surface area contributed by atoms with Crippen molar-refractivity contribution in [3.05, 3.63) is 59.7 Å². The first-order valence-corrected chi connectivity index (χ1v) is 10.3. The largest absolute Gasteiger partial charge is 0.508 e. The van der Waals surface area contributed by atoms with Crippen LogP contribution in [0.2, 0.25) is 0 Å². The minimum absolute atomic E-state index is 0.408. The molecule has 2 nitrogen and oxygen atoms in total. The smallest absolute Gasteiger partial charge is 0.115 e. The molecule has 0 unspecified atom stereocenters. The standard InChI is InChI=1S/C24H29NO/c1-24-14-13-20-19-10-8-18(26)15-16(19)7-9-21(20)22(24)11-12-23(24)25-17-5-3-2-4-6-17/h2-6,8,10,15,20-23,25-26H,7,9,11-14H2,1H3/t20-,21-,22+,23+,24+/m1/s1. The van der Waals surface area contributed by atoms with Gasteiger partial charge in [0.25, 0.3) is 0 Å². The van der Waals surface area contributed by atoms with Gasteiger partial charge in [-0.15, -0.1) is 0 Å². The van der Waals surface area contributed by atoms with Crippen molar-refractivity contribution in [2.24, 2.45) is 17.3 Å². The number of hydrogen-bond donors (Lipinski definition) is 2. The van der Waals surface area contributed by atoms with E-state index in [1.165, 1.54) is 48.9 Å². The number of phenolic OH excluding ortho intramolecular Hbond substituents is 1. The summed E-state index contributed by atoms with van der Waals surface area (Å²) >= 11 is 0. The molecule has 3 aliphatic carbocycles. The van der Waals surface area contributed by atoms with Crippen LogP contribution in [0.4, 0.5) is 5.69 Å². The van der Waals surface area contributed by atoms with Crippen LogP contribution >= 0.6 is 0 Å². The highest BCUT2D eigenvalue weighted by molar-refractivity contribution is 5.45. The maximum Gasteiger partial charge on any atom is 0.115 e. The fourth-order valence-electron chi connectivity index (χ4n) is 6.54. The number of aromatic hydroxyl groups is 1. The van der Waals surface area contributed by atoms with Gasteiger partial charge in [-0.05, 0) is 97.1 Å². The van der Waals surface area contributed by atoms with E-state index in [4.69, 9.17) is 0 Å². The van der Waals surface area contributed by atoms with Crippen LogP contribution < -0.4 is 5.32 Å². The average molecular weight is 348 g/mol. The number of nitrogens with one attached hydrogen (secondary N) is 1. The van der Waals surface area contributed by atoms with Crippen LogP contribution in [0.1, 0.15) is 56.1 Å². The SMILES string of the molecule is C[C@]12CC[C@@H]3c4ccc(O)cc4CC[C@H]3[C@@H]1CC[C@@H]2Nc1ccccc1. The average Bonchev–Trinajstić information content (AvgIpc) is 2.98. The van der Waals surface area contributed by atoms with Crippen molar-refractivity contribution in [1.82, 2.24) is 0 Å². The van der Waals surface area contributed by atoms with Gasteiger partial charge in [0.05, 0.1) is 0 Å². The molecule has 5 atom stereocenters. The molecule has 2 aromatic rings. The molecule has 0 amide bonds. The Hall–Kier alpha value is -1.96. The molecule has 2 aromatic carbocycles. The minimum atomic E-state index is 0.408. The van der Waals surface area contributed by atoms with Crippen LogP contribution in [-0.4, -0.2) is 11.1 Å². The molecule has 0 saturated heterocycles. The van der Waals surface area contributed by atoms with Gasteiger partial charge in [-0.2, -0.15) is 0 Å². The van der Waals surface area contributed by atoms with Gasteiger partial charge < -0.3 is 10.4 Å². The van der Waals surface area contributed by atoms with Crippen molar-refractivity contribution >= 4 is 5.69 Å². The van der Waals surface area contributed by atoms with Crippen LogP contribution in [0.3, 0.4) is 0 Å². The third-order valence-corrected chi connectivity index (χ3v) is 7.82. The van der Waals surface area contributed by atoms with Crippen molar-refractivity contribution in [1.29, 1.82) is 0 Å². The van der Waals surface area contributed by atoms with Crippen LogP contribution in [0, 0.1) is 17.3 Å². The lowest BCUT2D eigenvalue weighted by atomic mass is 9.55. The molecule has 5 rings (SSSR count). The van der Waals surface area contributed by atoms with Gasteiger partial charge in [0.15, 0.2) is 0 Å². The summed E-state index contributed by atoms with van der Waals surface area (Å²) in [6, 6.07) is 17.4. The fraction of sp³-hybridized carbons (Fsp3) is 0.500. The monoisotopic (exact) mass is 347 g/mol. The molecule has 2 fully saturated rings. The molecule has 0 aromatic heterocycles. The Kier molecular flexibility index (Phi) is 3.77. The maximum atomic E-state index is 9.84. The third kappa shape index (κ3) is 2.46. The Morgan fingerprint density at radius 1 is 1.00 bits per heavy atom. The molecule has 26 heavy (non-hydrogen) atoms. The van der Waals surface area contributed by atoms with E-state index < -0.39 is 0 Å². The van der Waals surface area contributed by atoms with Gasteiger partial charge in [0.2, 0.25) is 0 Å². The van der Waals surface area contributed by atoms with Gasteiger partial charge in [0, 0.05) is 11.7 Å². The molecule has 2 heteroatoms. The van der Waals surface area contributed by atoms with Crippen molar-refractivity contribution in [2.45, 2.75) is 57.4 Å². The van der Waals surface area contributed by atoms with Gasteiger partial charge in [-0.1, -0.05) is 31.2 Å². The van der Waals surface area contributed by atoms with Crippen LogP contribution in [0.25, 0.3) is 0 Å². The first-order valence-electron chi connectivity index (χ1n) is 10.3. The van der Waals surface area contributed by atoms with E-state index in [9.17, 15) is 5.11 Å². The Morgan fingerprint density at radius 3 is 2.69 bits per heavy atom. The van der Waals surface area contributed by atoms with E-state index in [1.54, 1.807) is 0 Å². The molecule has 0 heterocycles. The Balaban J connectivity index is 1.41. The first-order chi connectivity index (χ1) is 12.6. The molecular formula is C24H29NO. The molecule has 0 spiro atoms. The molecule has 2 saturated carbocycles. The van der Waals surface area contributed by atoms with Crippen molar-refractivity contribution in [3.8, 4) is 5.75 Å². The third-order valence-electron chi connectivity index (χ3n) is 7.82. The Morgan fingerprint density at radius 2 is 1.85 bits per heavy atom. The predicted octanol–water partition coefficient (Wildman–Crippen LogP) is 5.73. The summed E-state index contributed by atoms with van der Waals surface area (Å²) in [4.78, 5) is 0. The molecule has 3 aliphatic rings. The van der Waals surface area contributed by atoms with Gasteiger partial charge in [0.1, 0.15) is 5.75 Å². The van der Waals surface area contributed by atoms with Crippen molar-refractivity contribution in [3.63, 3.8) is 0 Å². The van der Waals surface area contributed by atoms with Gasteiger partial charge >= 0.3 is 0 Å². The minimum Gasteiger partial charge on any atom is -0.508 e. The summed E-state index contributed by atoms with van der Waals surface area (Å²) in [5.74, 6) is 2.77. The number of anilines is 1. The lowest BCUT2D eigenvalue weighted by molar-refractivity contribution is 0.0535. The van der Waals surface area contributed by atoms with E-state index in [2.05, 4.69) is 48.6 Å². The van der Waals surface area contributed by atoms with E-state index in [0.29, 0.717) is 23.1 Å². The summed E-state index contributed by atoms with van der Waals surface area (Å²) in [5.41, 5.74) is 4.60. The topological polar surface area (TPSA) is 32.3 Å². The highest BCUT2D eigenvalue weighted by atomic mass is 16.3. The number of para-hydroxylation sites is 1. The molecule has 2 N–H and O–H groups in total. The number of aryl methyl sites for hydroxylation is 1. The van der Waals surface area contributed by atoms with Crippen molar-refractivity contribution in [2.75, 3.05) is 5.32 Å². The number of hydrogen-bond acceptors (Lipinski definition) is 2. The quantitative estimate of drug-likeness (QED) is 0.727. The fourth-order valence-corrected chi connectivity index (χ4v) is 6.54. The second kappa shape index (κ2) is 6.04. The van der Waals surface area contributed by atoms with E-state index >= 15 is 0 Å².